The van der Waals surface area contributed by atoms with E-state index >= 15 is 0 Å². The summed E-state index contributed by atoms with van der Waals surface area (Å²) < 4.78 is 5.46. The van der Waals surface area contributed by atoms with Crippen LogP contribution in [0.3, 0.4) is 0 Å². The van der Waals surface area contributed by atoms with Gasteiger partial charge in [0.15, 0.2) is 0 Å². The van der Waals surface area contributed by atoms with Crippen molar-refractivity contribution in [1.82, 2.24) is 0 Å². The number of hydrogen-bond acceptors (Lipinski definition) is 2. The van der Waals surface area contributed by atoms with Crippen molar-refractivity contribution >= 4 is 5.97 Å². The highest BCUT2D eigenvalue weighted by molar-refractivity contribution is 5.73. The Hall–Kier alpha value is -1.31. The van der Waals surface area contributed by atoms with E-state index < -0.39 is 5.60 Å². The zero-order valence-corrected chi connectivity index (χ0v) is 16.3. The minimum atomic E-state index is -0.433. The molecule has 0 radical (unpaired) electrons. The largest absolute Gasteiger partial charge is 0.460 e. The van der Waals surface area contributed by atoms with Gasteiger partial charge in [-0.05, 0) is 53.7 Å². The van der Waals surface area contributed by atoms with Crippen molar-refractivity contribution in [2.75, 3.05) is 0 Å². The second kappa shape index (κ2) is 5.09. The van der Waals surface area contributed by atoms with Crippen molar-refractivity contribution < 1.29 is 9.53 Å². The van der Waals surface area contributed by atoms with Crippen LogP contribution in [0.4, 0.5) is 0 Å². The third-order valence-electron chi connectivity index (χ3n) is 6.32. The van der Waals surface area contributed by atoms with Crippen molar-refractivity contribution in [3.8, 4) is 0 Å². The number of esters is 1. The maximum Gasteiger partial charge on any atom is 0.310 e. The second-order valence-electron chi connectivity index (χ2n) is 9.52. The summed E-state index contributed by atoms with van der Waals surface area (Å²) in [5.74, 6) is -0.160. The van der Waals surface area contributed by atoms with E-state index in [0.717, 1.165) is 5.56 Å². The molecule has 0 unspecified atom stereocenters. The van der Waals surface area contributed by atoms with Crippen LogP contribution in [0.5, 0.6) is 0 Å². The Morgan fingerprint density at radius 3 is 2.00 bits per heavy atom. The van der Waals surface area contributed by atoms with Gasteiger partial charge in [-0.2, -0.15) is 0 Å². The van der Waals surface area contributed by atoms with Gasteiger partial charge in [-0.1, -0.05) is 59.7 Å². The van der Waals surface area contributed by atoms with Gasteiger partial charge in [0.1, 0.15) is 5.60 Å². The third-order valence-corrected chi connectivity index (χ3v) is 6.32. The van der Waals surface area contributed by atoms with Crippen LogP contribution in [-0.2, 0) is 26.8 Å². The Morgan fingerprint density at radius 2 is 1.48 bits per heavy atom. The molecule has 0 fully saturated rings. The summed E-state index contributed by atoms with van der Waals surface area (Å²) in [4.78, 5) is 12.1. The van der Waals surface area contributed by atoms with Gasteiger partial charge in [-0.25, -0.2) is 0 Å². The van der Waals surface area contributed by atoms with Crippen molar-refractivity contribution in [2.45, 2.75) is 85.2 Å². The first kappa shape index (κ1) is 18.0. The molecule has 0 spiro atoms. The van der Waals surface area contributed by atoms with Gasteiger partial charge in [0.25, 0.3) is 0 Å². The Balaban J connectivity index is 2.37. The molecule has 1 aliphatic carbocycles. The molecule has 2 heteroatoms. The lowest BCUT2D eigenvalue weighted by Crippen LogP contribution is -2.42. The van der Waals surface area contributed by atoms with Crippen LogP contribution in [0.25, 0.3) is 0 Å². The van der Waals surface area contributed by atoms with E-state index in [9.17, 15) is 4.79 Å². The molecule has 0 saturated heterocycles. The second-order valence-corrected chi connectivity index (χ2v) is 9.52. The number of benzene rings is 1. The Bertz CT molecular complexity index is 628. The summed E-state index contributed by atoms with van der Waals surface area (Å²) in [7, 11) is 0. The average Bonchev–Trinajstić information content (AvgIpc) is 2.44. The van der Waals surface area contributed by atoms with Gasteiger partial charge >= 0.3 is 5.97 Å². The molecule has 1 aromatic carbocycles. The molecule has 0 saturated carbocycles. The highest BCUT2D eigenvalue weighted by Crippen LogP contribution is 2.61. The lowest BCUT2D eigenvalue weighted by Gasteiger charge is -2.44. The van der Waals surface area contributed by atoms with E-state index in [1.54, 1.807) is 0 Å². The van der Waals surface area contributed by atoms with Gasteiger partial charge < -0.3 is 4.74 Å². The maximum atomic E-state index is 12.1. The fraction of sp³-hybridized carbons (Fsp3) is 0.667. The predicted octanol–water partition coefficient (Wildman–Crippen LogP) is 5.17. The van der Waals surface area contributed by atoms with Crippen LogP contribution >= 0.6 is 0 Å². The number of hydrogen-bond donors (Lipinski definition) is 0. The quantitative estimate of drug-likeness (QED) is 0.704. The van der Waals surface area contributed by atoms with Crippen LogP contribution in [0.1, 0.15) is 79.0 Å². The van der Waals surface area contributed by atoms with E-state index in [2.05, 4.69) is 59.7 Å². The molecule has 0 aromatic heterocycles. The van der Waals surface area contributed by atoms with E-state index in [4.69, 9.17) is 4.74 Å². The van der Waals surface area contributed by atoms with Crippen molar-refractivity contribution in [3.63, 3.8) is 0 Å². The molecule has 1 aliphatic rings. The molecular weight excluding hydrogens is 284 g/mol. The molecule has 2 nitrogen and oxygen atoms in total. The predicted molar refractivity (Wildman–Crippen MR) is 95.8 cm³/mol. The van der Waals surface area contributed by atoms with Crippen LogP contribution in [0, 0.1) is 5.41 Å². The normalized spacial score (nSPS) is 20.9. The summed E-state index contributed by atoms with van der Waals surface area (Å²) in [6.45, 7) is 19.7. The molecule has 0 bridgehead atoms. The molecule has 0 amide bonds. The summed E-state index contributed by atoms with van der Waals surface area (Å²) in [6, 6.07) is 6.52. The van der Waals surface area contributed by atoms with E-state index in [1.165, 1.54) is 11.1 Å². The van der Waals surface area contributed by atoms with Gasteiger partial charge in [0.2, 0.25) is 0 Å². The molecule has 2 rings (SSSR count). The number of ether oxygens (including phenoxy) is 1. The highest BCUT2D eigenvalue weighted by atomic mass is 16.6. The molecule has 0 aliphatic heterocycles. The fourth-order valence-corrected chi connectivity index (χ4v) is 3.76. The van der Waals surface area contributed by atoms with Crippen LogP contribution in [-0.4, -0.2) is 11.6 Å². The number of fused-ring (bicyclic) bond motifs is 1. The van der Waals surface area contributed by atoms with Gasteiger partial charge in [-0.15, -0.1) is 0 Å². The topological polar surface area (TPSA) is 26.3 Å². The summed E-state index contributed by atoms with van der Waals surface area (Å²) in [5, 5.41) is 0. The van der Waals surface area contributed by atoms with Crippen molar-refractivity contribution in [2.24, 2.45) is 5.41 Å². The summed E-state index contributed by atoms with van der Waals surface area (Å²) >= 11 is 0. The number of carbonyl (C=O) groups excluding carboxylic acids is 1. The molecule has 0 atom stereocenters. The maximum absolute atomic E-state index is 12.1. The van der Waals surface area contributed by atoms with Gasteiger partial charge in [0, 0.05) is 0 Å². The number of rotatable bonds is 2. The monoisotopic (exact) mass is 316 g/mol. The van der Waals surface area contributed by atoms with E-state index in [1.807, 2.05) is 20.8 Å². The zero-order valence-electron chi connectivity index (χ0n) is 16.3. The summed E-state index contributed by atoms with van der Waals surface area (Å²) in [5.41, 5.74) is 3.70. The minimum Gasteiger partial charge on any atom is -0.460 e. The molecule has 23 heavy (non-hydrogen) atoms. The number of carbonyl (C=O) groups is 1. The first-order valence-electron chi connectivity index (χ1n) is 8.56. The Labute approximate surface area is 141 Å². The van der Waals surface area contributed by atoms with Gasteiger partial charge in [-0.3, -0.25) is 4.79 Å². The lowest BCUT2D eigenvalue weighted by atomic mass is 9.59. The van der Waals surface area contributed by atoms with Crippen LogP contribution < -0.4 is 0 Å². The standard InChI is InChI=1S/C21H32O2/c1-18(2,3)23-17(22)13-14-10-11-15-16(12-14)20(6,7)21(8,9)19(15,4)5/h10-12H,13H2,1-9H3. The zero-order chi connectivity index (χ0) is 17.8. The van der Waals surface area contributed by atoms with Crippen LogP contribution in [0.2, 0.25) is 0 Å². The van der Waals surface area contributed by atoms with Crippen molar-refractivity contribution in [3.05, 3.63) is 34.9 Å². The Kier molecular flexibility index (Phi) is 3.99. The minimum absolute atomic E-state index is 0.0653. The smallest absolute Gasteiger partial charge is 0.310 e. The molecular formula is C21H32O2. The molecule has 0 heterocycles. The fourth-order valence-electron chi connectivity index (χ4n) is 3.76. The van der Waals surface area contributed by atoms with Crippen LogP contribution in [0.15, 0.2) is 18.2 Å². The SMILES string of the molecule is CC(C)(C)OC(=O)Cc1ccc2c(c1)C(C)(C)C(C)(C)C2(C)C. The third kappa shape index (κ3) is 2.81. The molecule has 0 N–H and O–H groups in total. The van der Waals surface area contributed by atoms with Crippen molar-refractivity contribution in [1.29, 1.82) is 0 Å². The lowest BCUT2D eigenvalue weighted by molar-refractivity contribution is -0.153. The molecule has 1 aromatic rings. The molecule has 128 valence electrons. The first-order valence-corrected chi connectivity index (χ1v) is 8.56. The van der Waals surface area contributed by atoms with Gasteiger partial charge in [0.05, 0.1) is 6.42 Å². The Morgan fingerprint density at radius 1 is 0.957 bits per heavy atom. The summed E-state index contributed by atoms with van der Waals surface area (Å²) in [6.07, 6.45) is 0.335. The average molecular weight is 316 g/mol. The highest BCUT2D eigenvalue weighted by Gasteiger charge is 2.56. The first-order chi connectivity index (χ1) is 10.2. The van der Waals surface area contributed by atoms with E-state index in [0.29, 0.717) is 6.42 Å². The van der Waals surface area contributed by atoms with E-state index in [-0.39, 0.29) is 22.2 Å².